The van der Waals surface area contributed by atoms with Crippen LogP contribution in [-0.4, -0.2) is 10.8 Å². The van der Waals surface area contributed by atoms with Crippen LogP contribution in [0, 0.1) is 23.7 Å². The van der Waals surface area contributed by atoms with Crippen LogP contribution in [0.15, 0.2) is 101 Å². The zero-order valence-electron chi connectivity index (χ0n) is 17.8. The first kappa shape index (κ1) is 20.1. The largest absolute Gasteiger partial charge is 0.436 e. The Morgan fingerprint density at radius 2 is 1.58 bits per heavy atom. The van der Waals surface area contributed by atoms with Crippen molar-refractivity contribution in [3.05, 3.63) is 102 Å². The van der Waals surface area contributed by atoms with Crippen LogP contribution in [0.5, 0.6) is 0 Å². The summed E-state index contributed by atoms with van der Waals surface area (Å²) in [6, 6.07) is 29.9. The van der Waals surface area contributed by atoms with Crippen molar-refractivity contribution in [3.63, 3.8) is 0 Å². The van der Waals surface area contributed by atoms with Gasteiger partial charge in [0.05, 0.1) is 6.54 Å². The van der Waals surface area contributed by atoms with E-state index in [1.165, 1.54) is 0 Å². The first-order valence-corrected chi connectivity index (χ1v) is 10.5. The third-order valence-corrected chi connectivity index (χ3v) is 5.50. The van der Waals surface area contributed by atoms with Gasteiger partial charge < -0.3 is 8.98 Å². The molecule has 3 aromatic carbocycles. The Hall–Kier alpha value is -4.80. The Kier molecular flexibility index (Phi) is 5.33. The highest BCUT2D eigenvalue weighted by molar-refractivity contribution is 6.00. The fourth-order valence-corrected chi connectivity index (χ4v) is 4.02. The second-order valence-electron chi connectivity index (χ2n) is 7.52. The van der Waals surface area contributed by atoms with Gasteiger partial charge in [-0.25, -0.2) is 4.99 Å². The molecule has 0 N–H and O–H groups in total. The van der Waals surface area contributed by atoms with Crippen molar-refractivity contribution < 1.29 is 4.42 Å². The number of nitrogens with zero attached hydrogens (tertiary/aromatic N) is 3. The molecule has 4 heteroatoms. The highest BCUT2D eigenvalue weighted by Crippen LogP contribution is 2.42. The smallest absolute Gasteiger partial charge is 0.238 e. The van der Waals surface area contributed by atoms with E-state index < -0.39 is 0 Å². The molecule has 156 valence electrons. The van der Waals surface area contributed by atoms with Gasteiger partial charge in [-0.15, -0.1) is 6.42 Å². The van der Waals surface area contributed by atoms with Gasteiger partial charge in [0.25, 0.3) is 0 Å². The molecular formula is C29H19N3O. The molecule has 0 amide bonds. The van der Waals surface area contributed by atoms with Gasteiger partial charge in [-0.1, -0.05) is 84.8 Å². The first-order chi connectivity index (χ1) is 16.3. The van der Waals surface area contributed by atoms with Gasteiger partial charge >= 0.3 is 0 Å². The van der Waals surface area contributed by atoms with E-state index in [0.29, 0.717) is 17.9 Å². The van der Waals surface area contributed by atoms with Crippen LogP contribution in [-0.2, 0) is 6.54 Å². The minimum absolute atomic E-state index is 0.281. The number of nitriles is 1. The summed E-state index contributed by atoms with van der Waals surface area (Å²) in [4.78, 5) is 4.62. The van der Waals surface area contributed by atoms with E-state index in [2.05, 4.69) is 17.0 Å². The predicted molar refractivity (Wildman–Crippen MR) is 132 cm³/mol. The number of benzene rings is 3. The van der Waals surface area contributed by atoms with Gasteiger partial charge in [0.1, 0.15) is 17.4 Å². The summed E-state index contributed by atoms with van der Waals surface area (Å²) in [6.45, 7) is 0.467. The molecule has 0 saturated heterocycles. The number of para-hydroxylation sites is 1. The van der Waals surface area contributed by atoms with Crippen LogP contribution in [0.3, 0.4) is 0 Å². The number of aromatic nitrogens is 1. The number of furan rings is 1. The van der Waals surface area contributed by atoms with E-state index in [1.54, 1.807) is 6.21 Å². The van der Waals surface area contributed by atoms with Crippen molar-refractivity contribution in [2.75, 3.05) is 0 Å². The molecule has 0 saturated carbocycles. The average Bonchev–Trinajstić information content (AvgIpc) is 3.42. The standard InChI is InChI=1S/C29H19N3O/c1-2-17-32-20-23(24-15-9-10-16-26(24)32)19-31-29-25(18-30)27(21-11-5-3-6-12-21)28(33-29)22-13-7-4-8-14-22/h1,3-16,19-20H,17H2. The van der Waals surface area contributed by atoms with Crippen LogP contribution in [0.25, 0.3) is 33.4 Å². The summed E-state index contributed by atoms with van der Waals surface area (Å²) in [7, 11) is 0. The van der Waals surface area contributed by atoms with Crippen LogP contribution >= 0.6 is 0 Å². The number of terminal acetylenes is 1. The second kappa shape index (κ2) is 8.75. The quantitative estimate of drug-likeness (QED) is 0.229. The maximum Gasteiger partial charge on any atom is 0.238 e. The molecule has 0 aliphatic heterocycles. The fraction of sp³-hybridized carbons (Fsp3) is 0.0345. The summed E-state index contributed by atoms with van der Waals surface area (Å²) in [5.74, 6) is 3.59. The SMILES string of the molecule is C#CCn1cc(C=Nc2oc(-c3ccccc3)c(-c3ccccc3)c2C#N)c2ccccc21. The van der Waals surface area contributed by atoms with Crippen molar-refractivity contribution in [3.8, 4) is 40.9 Å². The third kappa shape index (κ3) is 3.71. The maximum absolute atomic E-state index is 10.1. The molecule has 5 rings (SSSR count). The van der Waals surface area contributed by atoms with Crippen molar-refractivity contribution in [2.45, 2.75) is 6.54 Å². The number of aliphatic imine (C=N–C) groups is 1. The number of fused-ring (bicyclic) bond motifs is 1. The minimum atomic E-state index is 0.281. The van der Waals surface area contributed by atoms with Crippen molar-refractivity contribution in [1.29, 1.82) is 5.26 Å². The fourth-order valence-electron chi connectivity index (χ4n) is 4.02. The van der Waals surface area contributed by atoms with Gasteiger partial charge in [0, 0.05) is 40.0 Å². The third-order valence-electron chi connectivity index (χ3n) is 5.50. The lowest BCUT2D eigenvalue weighted by atomic mass is 9.98. The zero-order chi connectivity index (χ0) is 22.6. The lowest BCUT2D eigenvalue weighted by molar-refractivity contribution is 0.593. The normalized spacial score (nSPS) is 11.0. The number of hydrogen-bond acceptors (Lipinski definition) is 3. The van der Waals surface area contributed by atoms with Crippen LogP contribution in [0.4, 0.5) is 5.88 Å². The van der Waals surface area contributed by atoms with Crippen LogP contribution < -0.4 is 0 Å². The van der Waals surface area contributed by atoms with Gasteiger partial charge in [0.2, 0.25) is 5.88 Å². The monoisotopic (exact) mass is 425 g/mol. The maximum atomic E-state index is 10.1. The molecule has 0 atom stereocenters. The first-order valence-electron chi connectivity index (χ1n) is 10.5. The average molecular weight is 425 g/mol. The highest BCUT2D eigenvalue weighted by atomic mass is 16.4. The molecule has 33 heavy (non-hydrogen) atoms. The molecular weight excluding hydrogens is 406 g/mol. The Balaban J connectivity index is 1.67. The Bertz CT molecular complexity index is 1540. The summed E-state index contributed by atoms with van der Waals surface area (Å²) in [5, 5.41) is 11.1. The number of rotatable bonds is 5. The van der Waals surface area contributed by atoms with E-state index in [9.17, 15) is 5.26 Å². The highest BCUT2D eigenvalue weighted by Gasteiger charge is 2.22. The summed E-state index contributed by atoms with van der Waals surface area (Å²) in [5.41, 5.74) is 4.88. The van der Waals surface area contributed by atoms with Gasteiger partial charge in [-0.3, -0.25) is 0 Å². The molecule has 0 aliphatic carbocycles. The Labute approximate surface area is 192 Å². The molecule has 4 nitrogen and oxygen atoms in total. The molecule has 0 unspecified atom stereocenters. The molecule has 5 aromatic rings. The lowest BCUT2D eigenvalue weighted by Gasteiger charge is -2.03. The van der Waals surface area contributed by atoms with E-state index in [0.717, 1.165) is 33.2 Å². The van der Waals surface area contributed by atoms with Crippen LogP contribution in [0.1, 0.15) is 11.1 Å². The molecule has 0 spiro atoms. The van der Waals surface area contributed by atoms with Gasteiger partial charge in [0.15, 0.2) is 0 Å². The molecule has 0 bridgehead atoms. The summed E-state index contributed by atoms with van der Waals surface area (Å²) >= 11 is 0. The molecule has 2 aromatic heterocycles. The molecule has 2 heterocycles. The second-order valence-corrected chi connectivity index (χ2v) is 7.52. The Morgan fingerprint density at radius 1 is 0.909 bits per heavy atom. The molecule has 0 fully saturated rings. The van der Waals surface area contributed by atoms with E-state index in [1.807, 2.05) is 95.7 Å². The lowest BCUT2D eigenvalue weighted by Crippen LogP contribution is -1.91. The van der Waals surface area contributed by atoms with Gasteiger partial charge in [-0.05, 0) is 11.6 Å². The van der Waals surface area contributed by atoms with Crippen molar-refractivity contribution in [1.82, 2.24) is 4.57 Å². The molecule has 0 radical (unpaired) electrons. The summed E-state index contributed by atoms with van der Waals surface area (Å²) < 4.78 is 8.21. The molecule has 0 aliphatic rings. The van der Waals surface area contributed by atoms with Gasteiger partial charge in [-0.2, -0.15) is 5.26 Å². The minimum Gasteiger partial charge on any atom is -0.436 e. The zero-order valence-corrected chi connectivity index (χ0v) is 17.8. The van der Waals surface area contributed by atoms with E-state index in [4.69, 9.17) is 10.8 Å². The Morgan fingerprint density at radius 3 is 2.27 bits per heavy atom. The summed E-state index contributed by atoms with van der Waals surface area (Å²) in [6.07, 6.45) is 9.24. The predicted octanol–water partition coefficient (Wildman–Crippen LogP) is 6.82. The van der Waals surface area contributed by atoms with Crippen molar-refractivity contribution >= 4 is 23.0 Å². The number of hydrogen-bond donors (Lipinski definition) is 0. The van der Waals surface area contributed by atoms with E-state index in [-0.39, 0.29) is 5.88 Å². The topological polar surface area (TPSA) is 54.2 Å². The van der Waals surface area contributed by atoms with Crippen molar-refractivity contribution in [2.24, 2.45) is 4.99 Å². The van der Waals surface area contributed by atoms with E-state index >= 15 is 0 Å². The van der Waals surface area contributed by atoms with Crippen LogP contribution in [0.2, 0.25) is 0 Å².